The summed E-state index contributed by atoms with van der Waals surface area (Å²) in [7, 11) is -1.21. The highest BCUT2D eigenvalue weighted by Crippen LogP contribution is 2.34. The molecule has 226 valence electrons. The number of nitrogens with one attached hydrogen (secondary N) is 1. The van der Waals surface area contributed by atoms with Crippen LogP contribution in [0.4, 0.5) is 5.69 Å². The van der Waals surface area contributed by atoms with E-state index < -0.39 is 34.1 Å². The lowest BCUT2D eigenvalue weighted by Crippen LogP contribution is -2.54. The van der Waals surface area contributed by atoms with Gasteiger partial charge in [-0.3, -0.25) is 13.9 Å². The number of hydrogen-bond donors (Lipinski definition) is 1. The standard InChI is InChI=1S/C32H41N3O6S/c1-22-9-16-27(17-10-22)42(38,39)35(28-19-23(2)11-18-29(28)41-8)21-30(36)34(24(3)31(37)33-32(4,5)6)20-25-12-14-26(40-7)15-13-25/h9-19,24H,20-21H2,1-8H3,(H,33,37). The fourth-order valence-corrected chi connectivity index (χ4v) is 5.75. The number of sulfonamides is 1. The van der Waals surface area contributed by atoms with Crippen LogP contribution < -0.4 is 19.1 Å². The molecular weight excluding hydrogens is 554 g/mol. The summed E-state index contributed by atoms with van der Waals surface area (Å²) in [6.45, 7) is 10.4. The minimum Gasteiger partial charge on any atom is -0.497 e. The van der Waals surface area contributed by atoms with Gasteiger partial charge in [-0.05, 0) is 89.1 Å². The molecule has 10 heteroatoms. The van der Waals surface area contributed by atoms with E-state index in [-0.39, 0.29) is 23.0 Å². The Morgan fingerprint density at radius 1 is 0.881 bits per heavy atom. The van der Waals surface area contributed by atoms with Crippen LogP contribution in [0.15, 0.2) is 71.6 Å². The highest BCUT2D eigenvalue weighted by molar-refractivity contribution is 7.92. The first-order valence-electron chi connectivity index (χ1n) is 13.6. The molecule has 0 bridgehead atoms. The molecule has 3 aromatic rings. The fourth-order valence-electron chi connectivity index (χ4n) is 4.33. The summed E-state index contributed by atoms with van der Waals surface area (Å²) < 4.78 is 40.1. The van der Waals surface area contributed by atoms with E-state index in [4.69, 9.17) is 9.47 Å². The molecule has 0 aromatic heterocycles. The molecule has 0 fully saturated rings. The van der Waals surface area contributed by atoms with Gasteiger partial charge in [0.05, 0.1) is 24.8 Å². The van der Waals surface area contributed by atoms with Gasteiger partial charge in [-0.15, -0.1) is 0 Å². The first-order chi connectivity index (χ1) is 19.7. The summed E-state index contributed by atoms with van der Waals surface area (Å²) in [6, 6.07) is 17.8. The Morgan fingerprint density at radius 3 is 2.02 bits per heavy atom. The van der Waals surface area contributed by atoms with Crippen LogP contribution in [-0.4, -0.2) is 57.5 Å². The van der Waals surface area contributed by atoms with Gasteiger partial charge in [0.25, 0.3) is 10.0 Å². The first kappa shape index (κ1) is 32.5. The molecule has 1 unspecified atom stereocenters. The minimum atomic E-state index is -4.22. The summed E-state index contributed by atoms with van der Waals surface area (Å²) in [4.78, 5) is 28.9. The predicted molar refractivity (Wildman–Crippen MR) is 164 cm³/mol. The zero-order chi connectivity index (χ0) is 31.2. The van der Waals surface area contributed by atoms with Crippen LogP contribution in [-0.2, 0) is 26.2 Å². The molecule has 0 aliphatic carbocycles. The van der Waals surface area contributed by atoms with E-state index in [2.05, 4.69) is 5.32 Å². The monoisotopic (exact) mass is 595 g/mol. The molecule has 1 N–H and O–H groups in total. The number of benzene rings is 3. The molecule has 42 heavy (non-hydrogen) atoms. The number of hydrogen-bond acceptors (Lipinski definition) is 6. The van der Waals surface area contributed by atoms with E-state index in [0.29, 0.717) is 11.5 Å². The van der Waals surface area contributed by atoms with Gasteiger partial charge < -0.3 is 19.7 Å². The summed E-state index contributed by atoms with van der Waals surface area (Å²) >= 11 is 0. The third-order valence-corrected chi connectivity index (χ3v) is 8.44. The second kappa shape index (κ2) is 13.3. The van der Waals surface area contributed by atoms with Crippen LogP contribution in [0.3, 0.4) is 0 Å². The van der Waals surface area contributed by atoms with Crippen molar-refractivity contribution in [3.05, 3.63) is 83.4 Å². The molecule has 0 heterocycles. The van der Waals surface area contributed by atoms with Gasteiger partial charge in [-0.25, -0.2) is 8.42 Å². The third-order valence-electron chi connectivity index (χ3n) is 6.67. The smallest absolute Gasteiger partial charge is 0.264 e. The molecule has 0 aliphatic rings. The van der Waals surface area contributed by atoms with Crippen LogP contribution in [0, 0.1) is 13.8 Å². The van der Waals surface area contributed by atoms with Crippen molar-refractivity contribution in [2.75, 3.05) is 25.1 Å². The average molecular weight is 596 g/mol. The number of carbonyl (C=O) groups excluding carboxylic acids is 2. The summed E-state index contributed by atoms with van der Waals surface area (Å²) in [5.74, 6) is 0.0356. The van der Waals surface area contributed by atoms with E-state index >= 15 is 0 Å². The minimum absolute atomic E-state index is 0.0321. The molecule has 2 amide bonds. The maximum atomic E-state index is 14.2. The Labute approximate surface area is 249 Å². The Balaban J connectivity index is 2.10. The van der Waals surface area contributed by atoms with Crippen molar-refractivity contribution in [1.82, 2.24) is 10.2 Å². The maximum absolute atomic E-state index is 14.2. The maximum Gasteiger partial charge on any atom is 0.264 e. The highest BCUT2D eigenvalue weighted by Gasteiger charge is 2.34. The number of anilines is 1. The predicted octanol–water partition coefficient (Wildman–Crippen LogP) is 4.85. The van der Waals surface area contributed by atoms with E-state index in [0.717, 1.165) is 21.0 Å². The molecular formula is C32H41N3O6S. The molecule has 0 saturated carbocycles. The van der Waals surface area contributed by atoms with Crippen molar-refractivity contribution in [2.45, 2.75) is 64.6 Å². The summed E-state index contributed by atoms with van der Waals surface area (Å²) in [6.07, 6.45) is 0. The van der Waals surface area contributed by atoms with E-state index in [1.165, 1.54) is 24.1 Å². The van der Waals surface area contributed by atoms with Gasteiger partial charge in [0.2, 0.25) is 11.8 Å². The van der Waals surface area contributed by atoms with Crippen molar-refractivity contribution in [1.29, 1.82) is 0 Å². The number of ether oxygens (including phenoxy) is 2. The molecule has 0 radical (unpaired) electrons. The van der Waals surface area contributed by atoms with Crippen LogP contribution >= 0.6 is 0 Å². The zero-order valence-electron chi connectivity index (χ0n) is 25.6. The van der Waals surface area contributed by atoms with Gasteiger partial charge in [0.1, 0.15) is 24.1 Å². The van der Waals surface area contributed by atoms with E-state index in [1.54, 1.807) is 68.6 Å². The molecule has 0 saturated heterocycles. The van der Waals surface area contributed by atoms with Crippen molar-refractivity contribution in [2.24, 2.45) is 0 Å². The normalized spacial score (nSPS) is 12.3. The quantitative estimate of drug-likeness (QED) is 0.340. The van der Waals surface area contributed by atoms with E-state index in [1.807, 2.05) is 34.6 Å². The van der Waals surface area contributed by atoms with Crippen molar-refractivity contribution in [3.8, 4) is 11.5 Å². The van der Waals surface area contributed by atoms with Gasteiger partial charge in [-0.2, -0.15) is 0 Å². The number of carbonyl (C=O) groups is 2. The molecule has 0 aliphatic heterocycles. The molecule has 9 nitrogen and oxygen atoms in total. The van der Waals surface area contributed by atoms with Crippen molar-refractivity contribution in [3.63, 3.8) is 0 Å². The second-order valence-electron chi connectivity index (χ2n) is 11.3. The molecule has 3 aromatic carbocycles. The fraction of sp³-hybridized carbons (Fsp3) is 0.375. The summed E-state index contributed by atoms with van der Waals surface area (Å²) in [5, 5.41) is 2.93. The van der Waals surface area contributed by atoms with Crippen LogP contribution in [0.5, 0.6) is 11.5 Å². The topological polar surface area (TPSA) is 105 Å². The molecule has 1 atom stereocenters. The zero-order valence-corrected chi connectivity index (χ0v) is 26.4. The van der Waals surface area contributed by atoms with Crippen molar-refractivity contribution < 1.29 is 27.5 Å². The average Bonchev–Trinajstić information content (AvgIpc) is 2.93. The number of rotatable bonds is 11. The van der Waals surface area contributed by atoms with Crippen LogP contribution in [0.25, 0.3) is 0 Å². The SMILES string of the molecule is COc1ccc(CN(C(=O)CN(c2cc(C)ccc2OC)S(=O)(=O)c2ccc(C)cc2)C(C)C(=O)NC(C)(C)C)cc1. The third kappa shape index (κ3) is 8.03. The van der Waals surface area contributed by atoms with Crippen LogP contribution in [0.1, 0.15) is 44.4 Å². The van der Waals surface area contributed by atoms with Crippen molar-refractivity contribution >= 4 is 27.5 Å². The largest absolute Gasteiger partial charge is 0.497 e. The lowest BCUT2D eigenvalue weighted by molar-refractivity contribution is -0.140. The first-order valence-corrected chi connectivity index (χ1v) is 15.1. The number of amides is 2. The van der Waals surface area contributed by atoms with Crippen LogP contribution in [0.2, 0.25) is 0 Å². The Hall–Kier alpha value is -4.05. The second-order valence-corrected chi connectivity index (χ2v) is 13.1. The lowest BCUT2D eigenvalue weighted by Gasteiger charge is -2.34. The highest BCUT2D eigenvalue weighted by atomic mass is 32.2. The Kier molecular flexibility index (Phi) is 10.3. The molecule has 0 spiro atoms. The van der Waals surface area contributed by atoms with Gasteiger partial charge in [0.15, 0.2) is 0 Å². The van der Waals surface area contributed by atoms with Gasteiger partial charge in [-0.1, -0.05) is 35.9 Å². The van der Waals surface area contributed by atoms with Gasteiger partial charge in [0, 0.05) is 12.1 Å². The van der Waals surface area contributed by atoms with E-state index in [9.17, 15) is 18.0 Å². The Bertz CT molecular complexity index is 1500. The Morgan fingerprint density at radius 2 is 1.48 bits per heavy atom. The number of aryl methyl sites for hydroxylation is 2. The number of methoxy groups -OCH3 is 2. The number of nitrogens with zero attached hydrogens (tertiary/aromatic N) is 2. The summed E-state index contributed by atoms with van der Waals surface area (Å²) in [5.41, 5.74) is 2.13. The van der Waals surface area contributed by atoms with Gasteiger partial charge >= 0.3 is 0 Å². The molecule has 3 rings (SSSR count). The lowest BCUT2D eigenvalue weighted by atomic mass is 10.1.